The third-order valence-electron chi connectivity index (χ3n) is 2.46. The first kappa shape index (κ1) is 10.1. The van der Waals surface area contributed by atoms with Gasteiger partial charge < -0.3 is 11.1 Å². The summed E-state index contributed by atoms with van der Waals surface area (Å²) < 4.78 is 12.6. The van der Waals surface area contributed by atoms with Gasteiger partial charge >= 0.3 is 0 Å². The van der Waals surface area contributed by atoms with Crippen molar-refractivity contribution in [2.75, 3.05) is 0 Å². The Morgan fingerprint density at radius 2 is 2.07 bits per heavy atom. The van der Waals surface area contributed by atoms with Crippen molar-refractivity contribution >= 4 is 5.91 Å². The van der Waals surface area contributed by atoms with E-state index in [0.717, 1.165) is 12.0 Å². The van der Waals surface area contributed by atoms with E-state index in [0.29, 0.717) is 0 Å². The molecule has 2 unspecified atom stereocenters. The summed E-state index contributed by atoms with van der Waals surface area (Å²) in [6, 6.07) is 6.18. The van der Waals surface area contributed by atoms with E-state index < -0.39 is 0 Å². The molecule has 15 heavy (non-hydrogen) atoms. The number of nitrogens with two attached hydrogens (primary N) is 1. The Bertz CT molecular complexity index is 363. The lowest BCUT2D eigenvalue weighted by Gasteiger charge is -2.03. The lowest BCUT2D eigenvalue weighted by Crippen LogP contribution is -2.30. The van der Waals surface area contributed by atoms with Gasteiger partial charge in [-0.3, -0.25) is 4.79 Å². The average molecular weight is 208 g/mol. The third-order valence-corrected chi connectivity index (χ3v) is 2.46. The molecule has 1 saturated carbocycles. The molecular formula is C11H13FN2O. The van der Waals surface area contributed by atoms with Gasteiger partial charge in [-0.2, -0.15) is 0 Å². The van der Waals surface area contributed by atoms with Crippen LogP contribution < -0.4 is 11.1 Å². The molecule has 1 fully saturated rings. The molecule has 0 aromatic heterocycles. The van der Waals surface area contributed by atoms with E-state index in [-0.39, 0.29) is 30.2 Å². The number of amides is 1. The average Bonchev–Trinajstić information content (AvgIpc) is 2.86. The predicted octanol–water partition coefficient (Wildman–Crippen LogP) is 0.584. The van der Waals surface area contributed by atoms with Gasteiger partial charge in [0.25, 0.3) is 0 Å². The Balaban J connectivity index is 1.85. The van der Waals surface area contributed by atoms with Crippen LogP contribution in [-0.2, 0) is 11.2 Å². The molecule has 3 N–H and O–H groups in total. The maximum Gasteiger partial charge on any atom is 0.224 e. The standard InChI is InChI=1S/C11H13FN2O/c12-8-3-1-7(2-4-8)5-11(15)14-10-6-9(10)13/h1-4,9-10H,5-6,13H2,(H,14,15). The molecular weight excluding hydrogens is 195 g/mol. The minimum Gasteiger partial charge on any atom is -0.351 e. The molecule has 2 rings (SSSR count). The number of hydrogen-bond acceptors (Lipinski definition) is 2. The molecule has 0 heterocycles. The van der Waals surface area contributed by atoms with Gasteiger partial charge in [-0.1, -0.05) is 12.1 Å². The Morgan fingerprint density at radius 1 is 1.47 bits per heavy atom. The van der Waals surface area contributed by atoms with Crippen LogP contribution in [0.25, 0.3) is 0 Å². The van der Waals surface area contributed by atoms with Gasteiger partial charge in [0, 0.05) is 12.1 Å². The second kappa shape index (κ2) is 3.98. The quantitative estimate of drug-likeness (QED) is 0.763. The molecule has 1 aliphatic carbocycles. The van der Waals surface area contributed by atoms with Crippen molar-refractivity contribution in [1.82, 2.24) is 5.32 Å². The minimum atomic E-state index is -0.289. The summed E-state index contributed by atoms with van der Waals surface area (Å²) in [4.78, 5) is 11.4. The molecule has 80 valence electrons. The van der Waals surface area contributed by atoms with Gasteiger partial charge in [0.05, 0.1) is 6.42 Å². The summed E-state index contributed by atoms with van der Waals surface area (Å²) in [6.45, 7) is 0. The first-order valence-corrected chi connectivity index (χ1v) is 4.94. The molecule has 1 aromatic carbocycles. The van der Waals surface area contributed by atoms with Crippen molar-refractivity contribution < 1.29 is 9.18 Å². The fourth-order valence-electron chi connectivity index (χ4n) is 1.43. The summed E-state index contributed by atoms with van der Waals surface area (Å²) in [7, 11) is 0. The van der Waals surface area contributed by atoms with Gasteiger partial charge in [0.2, 0.25) is 5.91 Å². The number of hydrogen-bond donors (Lipinski definition) is 2. The van der Waals surface area contributed by atoms with Crippen LogP contribution in [0.15, 0.2) is 24.3 Å². The van der Waals surface area contributed by atoms with E-state index in [1.54, 1.807) is 12.1 Å². The zero-order chi connectivity index (χ0) is 10.8. The van der Waals surface area contributed by atoms with Crippen molar-refractivity contribution in [3.05, 3.63) is 35.6 Å². The lowest BCUT2D eigenvalue weighted by molar-refractivity contribution is -0.120. The lowest BCUT2D eigenvalue weighted by atomic mass is 10.1. The summed E-state index contributed by atoms with van der Waals surface area (Å²) in [6.07, 6.45) is 1.14. The first-order chi connectivity index (χ1) is 7.15. The number of rotatable bonds is 3. The third kappa shape index (κ3) is 2.76. The summed E-state index contributed by atoms with van der Waals surface area (Å²) in [5.74, 6) is -0.345. The Morgan fingerprint density at radius 3 is 2.60 bits per heavy atom. The van der Waals surface area contributed by atoms with Crippen LogP contribution in [0.5, 0.6) is 0 Å². The molecule has 4 heteroatoms. The van der Waals surface area contributed by atoms with Crippen LogP contribution >= 0.6 is 0 Å². The maximum atomic E-state index is 12.6. The van der Waals surface area contributed by atoms with Crippen LogP contribution in [0.4, 0.5) is 4.39 Å². The molecule has 0 aliphatic heterocycles. The smallest absolute Gasteiger partial charge is 0.224 e. The molecule has 1 aromatic rings. The van der Waals surface area contributed by atoms with E-state index in [2.05, 4.69) is 5.32 Å². The number of nitrogens with one attached hydrogen (secondary N) is 1. The van der Waals surface area contributed by atoms with E-state index in [4.69, 9.17) is 5.73 Å². The fraction of sp³-hybridized carbons (Fsp3) is 0.364. The number of carbonyl (C=O) groups excluding carboxylic acids is 1. The van der Waals surface area contributed by atoms with Gasteiger partial charge in [-0.05, 0) is 24.1 Å². The summed E-state index contributed by atoms with van der Waals surface area (Å²) in [5, 5.41) is 2.81. The monoisotopic (exact) mass is 208 g/mol. The molecule has 2 atom stereocenters. The highest BCUT2D eigenvalue weighted by atomic mass is 19.1. The zero-order valence-corrected chi connectivity index (χ0v) is 8.24. The van der Waals surface area contributed by atoms with Crippen LogP contribution in [0.2, 0.25) is 0 Å². The number of benzene rings is 1. The zero-order valence-electron chi connectivity index (χ0n) is 8.24. The van der Waals surface area contributed by atoms with Crippen molar-refractivity contribution in [2.24, 2.45) is 5.73 Å². The van der Waals surface area contributed by atoms with Crippen LogP contribution in [0, 0.1) is 5.82 Å². The van der Waals surface area contributed by atoms with Gasteiger partial charge in [0.1, 0.15) is 5.82 Å². The Labute approximate surface area is 87.5 Å². The Kier molecular flexibility index (Phi) is 2.68. The fourth-order valence-corrected chi connectivity index (χ4v) is 1.43. The molecule has 0 bridgehead atoms. The molecule has 0 spiro atoms. The SMILES string of the molecule is NC1CC1NC(=O)Cc1ccc(F)cc1. The van der Waals surface area contributed by atoms with Crippen LogP contribution in [0.3, 0.4) is 0 Å². The predicted molar refractivity (Wildman–Crippen MR) is 54.6 cm³/mol. The number of halogens is 1. The van der Waals surface area contributed by atoms with E-state index in [1.807, 2.05) is 0 Å². The van der Waals surface area contributed by atoms with E-state index in [9.17, 15) is 9.18 Å². The van der Waals surface area contributed by atoms with E-state index >= 15 is 0 Å². The van der Waals surface area contributed by atoms with Crippen molar-refractivity contribution in [1.29, 1.82) is 0 Å². The van der Waals surface area contributed by atoms with Gasteiger partial charge in [0.15, 0.2) is 0 Å². The maximum absolute atomic E-state index is 12.6. The molecule has 0 saturated heterocycles. The largest absolute Gasteiger partial charge is 0.351 e. The molecule has 1 amide bonds. The van der Waals surface area contributed by atoms with E-state index in [1.165, 1.54) is 12.1 Å². The second-order valence-electron chi connectivity index (χ2n) is 3.88. The Hall–Kier alpha value is -1.42. The van der Waals surface area contributed by atoms with Crippen molar-refractivity contribution in [3.8, 4) is 0 Å². The molecule has 0 radical (unpaired) electrons. The highest BCUT2D eigenvalue weighted by Crippen LogP contribution is 2.17. The van der Waals surface area contributed by atoms with Crippen molar-refractivity contribution in [3.63, 3.8) is 0 Å². The van der Waals surface area contributed by atoms with Gasteiger partial charge in [-0.15, -0.1) is 0 Å². The van der Waals surface area contributed by atoms with Crippen LogP contribution in [0.1, 0.15) is 12.0 Å². The number of carbonyl (C=O) groups is 1. The normalized spacial score (nSPS) is 23.6. The minimum absolute atomic E-state index is 0.0560. The van der Waals surface area contributed by atoms with Crippen LogP contribution in [-0.4, -0.2) is 18.0 Å². The molecule has 3 nitrogen and oxygen atoms in total. The second-order valence-corrected chi connectivity index (χ2v) is 3.88. The van der Waals surface area contributed by atoms with Crippen molar-refractivity contribution in [2.45, 2.75) is 24.9 Å². The highest BCUT2D eigenvalue weighted by Gasteiger charge is 2.34. The topological polar surface area (TPSA) is 55.1 Å². The summed E-state index contributed by atoms with van der Waals surface area (Å²) >= 11 is 0. The molecule has 1 aliphatic rings. The summed E-state index contributed by atoms with van der Waals surface area (Å²) in [5.41, 5.74) is 6.37. The highest BCUT2D eigenvalue weighted by molar-refractivity contribution is 5.79. The first-order valence-electron chi connectivity index (χ1n) is 4.94. The van der Waals surface area contributed by atoms with Gasteiger partial charge in [-0.25, -0.2) is 4.39 Å².